The number of rotatable bonds is 4. The zero-order chi connectivity index (χ0) is 22.8. The molecule has 0 saturated heterocycles. The van der Waals surface area contributed by atoms with Crippen molar-refractivity contribution in [1.29, 1.82) is 0 Å². The minimum absolute atomic E-state index is 0.104. The van der Waals surface area contributed by atoms with Gasteiger partial charge in [-0.15, -0.1) is 6.42 Å². The number of hydrogen-bond acceptors (Lipinski definition) is 2. The molecule has 1 amide bonds. The maximum absolute atomic E-state index is 14.6. The molecule has 0 spiro atoms. The number of nitrogens with zero attached hydrogens (tertiary/aromatic N) is 1. The fraction of sp³-hybridized carbons (Fsp3) is 0.111. The maximum Gasteiger partial charge on any atom is 0.300 e. The number of benzene rings is 3. The van der Waals surface area contributed by atoms with Crippen LogP contribution in [0.1, 0.15) is 16.7 Å². The van der Waals surface area contributed by atoms with Gasteiger partial charge >= 0.3 is 0 Å². The Morgan fingerprint density at radius 1 is 1.03 bits per heavy atom. The molecule has 3 aromatic carbocycles. The number of halogens is 1. The summed E-state index contributed by atoms with van der Waals surface area (Å²) in [5.74, 6) is 1.21. The van der Waals surface area contributed by atoms with Gasteiger partial charge in [0.25, 0.3) is 11.5 Å². The van der Waals surface area contributed by atoms with Gasteiger partial charge in [0.05, 0.1) is 0 Å². The molecule has 5 heteroatoms. The number of nitrogens with one attached hydrogen (secondary N) is 1. The van der Waals surface area contributed by atoms with Crippen LogP contribution in [0.4, 0.5) is 10.1 Å². The average molecular weight is 424 g/mol. The summed E-state index contributed by atoms with van der Waals surface area (Å²) in [4.78, 5) is 24.4. The van der Waals surface area contributed by atoms with Crippen LogP contribution < -0.4 is 10.9 Å². The minimum Gasteiger partial charge on any atom is -0.317 e. The smallest absolute Gasteiger partial charge is 0.300 e. The number of terminal acetylenes is 1. The van der Waals surface area contributed by atoms with Gasteiger partial charge in [0, 0.05) is 36.3 Å². The van der Waals surface area contributed by atoms with Crippen molar-refractivity contribution in [3.63, 3.8) is 0 Å². The highest BCUT2D eigenvalue weighted by atomic mass is 19.1. The second kappa shape index (κ2) is 8.52. The molecule has 0 aliphatic carbocycles. The number of anilines is 1. The first-order valence-electron chi connectivity index (χ1n) is 10.1. The van der Waals surface area contributed by atoms with Crippen molar-refractivity contribution in [3.8, 4) is 23.5 Å². The lowest BCUT2D eigenvalue weighted by atomic mass is 9.92. The van der Waals surface area contributed by atoms with Gasteiger partial charge in [0.1, 0.15) is 5.82 Å². The summed E-state index contributed by atoms with van der Waals surface area (Å²) in [7, 11) is 1.70. The molecular weight excluding hydrogens is 403 g/mol. The van der Waals surface area contributed by atoms with Gasteiger partial charge in [0.2, 0.25) is 0 Å². The summed E-state index contributed by atoms with van der Waals surface area (Å²) in [5.41, 5.74) is 4.28. The number of aromatic nitrogens is 1. The van der Waals surface area contributed by atoms with Crippen LogP contribution in [0.25, 0.3) is 21.9 Å². The van der Waals surface area contributed by atoms with Crippen molar-refractivity contribution in [2.24, 2.45) is 7.05 Å². The quantitative estimate of drug-likeness (QED) is 0.478. The van der Waals surface area contributed by atoms with E-state index in [0.29, 0.717) is 23.1 Å². The molecule has 0 atom stereocenters. The maximum atomic E-state index is 14.6. The molecule has 0 bridgehead atoms. The van der Waals surface area contributed by atoms with Crippen molar-refractivity contribution in [3.05, 3.63) is 99.7 Å². The number of fused-ring (bicyclic) bond motifs is 1. The SMILES string of the molecule is C#CC(=O)Nc1ccc(Cc2ccc(C)cc2F)c(-c2cn(C)c(=O)c3ccccc23)c1. The van der Waals surface area contributed by atoms with E-state index in [-0.39, 0.29) is 11.4 Å². The van der Waals surface area contributed by atoms with Gasteiger partial charge in [0.15, 0.2) is 0 Å². The normalized spacial score (nSPS) is 10.7. The fourth-order valence-electron chi connectivity index (χ4n) is 3.86. The van der Waals surface area contributed by atoms with E-state index in [4.69, 9.17) is 6.42 Å². The second-order valence-corrected chi connectivity index (χ2v) is 7.75. The predicted molar refractivity (Wildman–Crippen MR) is 126 cm³/mol. The largest absolute Gasteiger partial charge is 0.317 e. The molecule has 0 aliphatic heterocycles. The fourth-order valence-corrected chi connectivity index (χ4v) is 3.86. The summed E-state index contributed by atoms with van der Waals surface area (Å²) < 4.78 is 16.1. The molecule has 1 aromatic heterocycles. The number of amides is 1. The number of pyridine rings is 1. The lowest BCUT2D eigenvalue weighted by molar-refractivity contribution is -0.111. The van der Waals surface area contributed by atoms with Crippen LogP contribution in [-0.2, 0) is 18.3 Å². The Hall–Kier alpha value is -4.17. The molecule has 4 aromatic rings. The number of carbonyl (C=O) groups excluding carboxylic acids is 1. The Morgan fingerprint density at radius 3 is 2.47 bits per heavy atom. The van der Waals surface area contributed by atoms with E-state index >= 15 is 0 Å². The molecular formula is C27H21FN2O2. The minimum atomic E-state index is -0.557. The monoisotopic (exact) mass is 424 g/mol. The highest BCUT2D eigenvalue weighted by Gasteiger charge is 2.15. The summed E-state index contributed by atoms with van der Waals surface area (Å²) in [5, 5.41) is 4.03. The van der Waals surface area contributed by atoms with Crippen LogP contribution in [0.15, 0.2) is 71.7 Å². The van der Waals surface area contributed by atoms with Crippen LogP contribution in [0.3, 0.4) is 0 Å². The van der Waals surface area contributed by atoms with Crippen LogP contribution in [0, 0.1) is 25.1 Å². The Labute approximate surface area is 185 Å². The molecule has 0 radical (unpaired) electrons. The Kier molecular flexibility index (Phi) is 5.61. The van der Waals surface area contributed by atoms with Crippen LogP contribution in [0.2, 0.25) is 0 Å². The van der Waals surface area contributed by atoms with Gasteiger partial charge in [-0.2, -0.15) is 0 Å². The standard InChI is InChI=1S/C27H21FN2O2/c1-4-26(31)29-20-12-11-18(14-19-10-9-17(2)13-25(19)28)23(15-20)24-16-30(3)27(32)22-8-6-5-7-21(22)24/h1,5-13,15-16H,14H2,2-3H3,(H,29,31). The van der Waals surface area contributed by atoms with E-state index in [1.807, 2.05) is 49.2 Å². The lowest BCUT2D eigenvalue weighted by Gasteiger charge is -2.16. The van der Waals surface area contributed by atoms with Gasteiger partial charge in [-0.3, -0.25) is 9.59 Å². The van der Waals surface area contributed by atoms with Crippen LogP contribution in [0.5, 0.6) is 0 Å². The molecule has 158 valence electrons. The number of hydrogen-bond donors (Lipinski definition) is 1. The molecule has 0 unspecified atom stereocenters. The van der Waals surface area contributed by atoms with Gasteiger partial charge in [-0.25, -0.2) is 4.39 Å². The topological polar surface area (TPSA) is 51.1 Å². The second-order valence-electron chi connectivity index (χ2n) is 7.75. The van der Waals surface area contributed by atoms with Crippen molar-refractivity contribution in [2.45, 2.75) is 13.3 Å². The van der Waals surface area contributed by atoms with E-state index in [2.05, 4.69) is 5.32 Å². The van der Waals surface area contributed by atoms with Gasteiger partial charge in [-0.1, -0.05) is 36.4 Å². The number of aryl methyl sites for hydroxylation is 2. The summed E-state index contributed by atoms with van der Waals surface area (Å²) >= 11 is 0. The average Bonchev–Trinajstić information content (AvgIpc) is 2.79. The molecule has 0 saturated carbocycles. The summed E-state index contributed by atoms with van der Waals surface area (Å²) in [6.07, 6.45) is 7.31. The molecule has 1 N–H and O–H groups in total. The van der Waals surface area contributed by atoms with Crippen LogP contribution in [-0.4, -0.2) is 10.5 Å². The highest BCUT2D eigenvalue weighted by Crippen LogP contribution is 2.33. The molecule has 1 heterocycles. The Balaban J connectivity index is 1.95. The van der Waals surface area contributed by atoms with Crippen molar-refractivity contribution < 1.29 is 9.18 Å². The van der Waals surface area contributed by atoms with Crippen LogP contribution >= 0.6 is 0 Å². The third-order valence-electron chi connectivity index (χ3n) is 5.47. The molecule has 32 heavy (non-hydrogen) atoms. The first-order chi connectivity index (χ1) is 15.4. The third kappa shape index (κ3) is 4.03. The van der Waals surface area contributed by atoms with Crippen molar-refractivity contribution >= 4 is 22.4 Å². The van der Waals surface area contributed by atoms with Gasteiger partial charge < -0.3 is 9.88 Å². The lowest BCUT2D eigenvalue weighted by Crippen LogP contribution is -2.16. The van der Waals surface area contributed by atoms with E-state index in [9.17, 15) is 14.0 Å². The van der Waals surface area contributed by atoms with E-state index in [1.165, 1.54) is 10.6 Å². The Bertz CT molecular complexity index is 1460. The summed E-state index contributed by atoms with van der Waals surface area (Å²) in [6.45, 7) is 1.85. The predicted octanol–water partition coefficient (Wildman–Crippen LogP) is 4.82. The zero-order valence-corrected chi connectivity index (χ0v) is 17.8. The third-order valence-corrected chi connectivity index (χ3v) is 5.47. The highest BCUT2D eigenvalue weighted by molar-refractivity contribution is 6.04. The van der Waals surface area contributed by atoms with Gasteiger partial charge in [-0.05, 0) is 64.7 Å². The molecule has 0 aliphatic rings. The molecule has 4 rings (SSSR count). The van der Waals surface area contributed by atoms with E-state index in [1.54, 1.807) is 31.4 Å². The zero-order valence-electron chi connectivity index (χ0n) is 17.8. The molecule has 0 fully saturated rings. The first kappa shape index (κ1) is 21.1. The first-order valence-corrected chi connectivity index (χ1v) is 10.1. The van der Waals surface area contributed by atoms with E-state index < -0.39 is 5.91 Å². The number of carbonyl (C=O) groups is 1. The van der Waals surface area contributed by atoms with Crippen molar-refractivity contribution in [2.75, 3.05) is 5.32 Å². The molecule has 4 nitrogen and oxygen atoms in total. The summed E-state index contributed by atoms with van der Waals surface area (Å²) in [6, 6.07) is 17.9. The van der Waals surface area contributed by atoms with Crippen molar-refractivity contribution in [1.82, 2.24) is 4.57 Å². The van der Waals surface area contributed by atoms with E-state index in [0.717, 1.165) is 27.6 Å². The Morgan fingerprint density at radius 2 is 1.75 bits per heavy atom.